The zero-order valence-electron chi connectivity index (χ0n) is 16.5. The monoisotopic (exact) mass is 424 g/mol. The lowest BCUT2D eigenvalue weighted by Crippen LogP contribution is -2.50. The van der Waals surface area contributed by atoms with Crippen LogP contribution in [0.15, 0.2) is 24.3 Å². The number of aliphatic carboxylic acids is 1. The van der Waals surface area contributed by atoms with E-state index in [1.807, 2.05) is 0 Å². The fourth-order valence-corrected chi connectivity index (χ4v) is 7.13. The molecule has 0 amide bonds. The summed E-state index contributed by atoms with van der Waals surface area (Å²) < 4.78 is 10.4. The largest absolute Gasteiger partial charge is 0.481 e. The summed E-state index contributed by atoms with van der Waals surface area (Å²) in [5.41, 5.74) is -3.29. The summed E-state index contributed by atoms with van der Waals surface area (Å²) in [7, 11) is 1.86. The Kier molecular flexibility index (Phi) is 4.21. The molecule has 0 aromatic rings. The van der Waals surface area contributed by atoms with Crippen molar-refractivity contribution in [2.45, 2.75) is 49.9 Å². The van der Waals surface area contributed by atoms with Crippen LogP contribution >= 0.6 is 0 Å². The van der Waals surface area contributed by atoms with E-state index in [9.17, 15) is 24.9 Å². The fourth-order valence-electron chi connectivity index (χ4n) is 7.13. The SMILES string of the molecule is C=C1C[C@]23C[C@@]1(O)CC[C@H]2[C@@]12C=C[C@H](O)[C@@](C)(C(=O)O1)[C@H]2[C@@H]3C(=O)O.[SiH3]O[SiH3]. The Morgan fingerprint density at radius 1 is 1.43 bits per heavy atom. The molecule has 8 atom stereocenters. The molecule has 1 spiro atoms. The lowest BCUT2D eigenvalue weighted by molar-refractivity contribution is -0.163. The van der Waals surface area contributed by atoms with E-state index >= 15 is 0 Å². The van der Waals surface area contributed by atoms with Crippen molar-refractivity contribution in [3.05, 3.63) is 24.3 Å². The van der Waals surface area contributed by atoms with E-state index in [-0.39, 0.29) is 5.92 Å². The van der Waals surface area contributed by atoms with Gasteiger partial charge >= 0.3 is 11.9 Å². The molecule has 1 saturated heterocycles. The Hall–Kier alpha value is -1.27. The highest BCUT2D eigenvalue weighted by atomic mass is 28.3. The molecule has 1 heterocycles. The molecule has 154 valence electrons. The molecular weight excluding hydrogens is 396 g/mol. The summed E-state index contributed by atoms with van der Waals surface area (Å²) in [6, 6.07) is 0. The third-order valence-corrected chi connectivity index (χ3v) is 8.12. The molecule has 7 nitrogen and oxygen atoms in total. The second-order valence-corrected chi connectivity index (χ2v) is 12.6. The van der Waals surface area contributed by atoms with Crippen molar-refractivity contribution in [2.24, 2.45) is 28.6 Å². The highest BCUT2D eigenvalue weighted by molar-refractivity contribution is 6.15. The number of rotatable bonds is 1. The van der Waals surface area contributed by atoms with Gasteiger partial charge in [-0.15, -0.1) is 0 Å². The summed E-state index contributed by atoms with van der Waals surface area (Å²) in [6.45, 7) is 5.64. The van der Waals surface area contributed by atoms with Gasteiger partial charge in [-0.3, -0.25) is 9.59 Å². The van der Waals surface area contributed by atoms with Crippen molar-refractivity contribution in [3.8, 4) is 0 Å². The molecule has 4 fully saturated rings. The van der Waals surface area contributed by atoms with Gasteiger partial charge < -0.3 is 24.2 Å². The number of hydrogen-bond acceptors (Lipinski definition) is 6. The normalized spacial score (nSPS) is 52.7. The Balaban J connectivity index is 0.000000604. The number of carbonyl (C=O) groups excluding carboxylic acids is 1. The van der Waals surface area contributed by atoms with Crippen LogP contribution in [-0.2, 0) is 18.4 Å². The average Bonchev–Trinajstić information content (AvgIpc) is 3.03. The van der Waals surface area contributed by atoms with Gasteiger partial charge in [0.1, 0.15) is 32.0 Å². The van der Waals surface area contributed by atoms with Crippen molar-refractivity contribution in [1.29, 1.82) is 0 Å². The van der Waals surface area contributed by atoms with Crippen LogP contribution in [0.3, 0.4) is 0 Å². The summed E-state index contributed by atoms with van der Waals surface area (Å²) in [5.74, 6) is -3.18. The maximum atomic E-state index is 12.7. The van der Waals surface area contributed by atoms with E-state index < -0.39 is 51.9 Å². The number of aliphatic hydroxyl groups is 2. The molecule has 3 N–H and O–H groups in total. The average molecular weight is 425 g/mol. The minimum atomic E-state index is -1.27. The molecule has 3 saturated carbocycles. The molecule has 0 aromatic heterocycles. The Morgan fingerprint density at radius 2 is 2.07 bits per heavy atom. The van der Waals surface area contributed by atoms with Crippen LogP contribution in [0.1, 0.15) is 32.6 Å². The maximum absolute atomic E-state index is 12.7. The number of hydrogen-bond donors (Lipinski definition) is 3. The minimum Gasteiger partial charge on any atom is -0.481 e. The summed E-state index contributed by atoms with van der Waals surface area (Å²) in [4.78, 5) is 25.1. The van der Waals surface area contributed by atoms with Crippen LogP contribution in [0, 0.1) is 28.6 Å². The zero-order valence-corrected chi connectivity index (χ0v) is 20.5. The fraction of sp³-hybridized carbons (Fsp3) is 0.684. The smallest absolute Gasteiger partial charge is 0.316 e. The lowest BCUT2D eigenvalue weighted by Gasteiger charge is -2.44. The standard InChI is InChI=1S/C19H22O6.H6OSi2/c1-9-7-17-8-18(9,24)5-3-10(17)19-6-4-11(20)16(2,15(23)25-19)13(19)12(17)14(21)22;2-1-3/h4,6,10-13,20,24H,1,3,5,7-8H2,2H3,(H,21,22);2-3H3/t10-,11+,12-,13-,16-,17+,18+,19-;/m1./s1. The predicted octanol–water partition coefficient (Wildman–Crippen LogP) is -1.41. The summed E-state index contributed by atoms with van der Waals surface area (Å²) in [5, 5.41) is 31.6. The first kappa shape index (κ1) is 20.0. The summed E-state index contributed by atoms with van der Waals surface area (Å²) >= 11 is 0. The molecular formula is C19H28O7Si2. The molecule has 1 aliphatic heterocycles. The van der Waals surface area contributed by atoms with Gasteiger partial charge in [-0.1, -0.05) is 12.7 Å². The van der Waals surface area contributed by atoms with Gasteiger partial charge in [-0.2, -0.15) is 0 Å². The molecule has 0 radical (unpaired) electrons. The van der Waals surface area contributed by atoms with Gasteiger partial charge in [0, 0.05) is 11.8 Å². The Bertz CT molecular complexity index is 799. The lowest BCUT2D eigenvalue weighted by atomic mass is 9.61. The zero-order chi connectivity index (χ0) is 20.7. The van der Waals surface area contributed by atoms with Crippen molar-refractivity contribution >= 4 is 32.9 Å². The van der Waals surface area contributed by atoms with E-state index in [0.717, 1.165) is 21.0 Å². The number of esters is 1. The van der Waals surface area contributed by atoms with Crippen LogP contribution in [0.4, 0.5) is 0 Å². The molecule has 4 aliphatic carbocycles. The van der Waals surface area contributed by atoms with Crippen LogP contribution in [0.5, 0.6) is 0 Å². The van der Waals surface area contributed by atoms with Crippen LogP contribution in [-0.4, -0.2) is 65.5 Å². The molecule has 0 aromatic carbocycles. The molecule has 5 aliphatic rings. The Morgan fingerprint density at radius 3 is 2.68 bits per heavy atom. The van der Waals surface area contributed by atoms with E-state index in [1.54, 1.807) is 19.1 Å². The number of carbonyl (C=O) groups is 2. The van der Waals surface area contributed by atoms with Crippen LogP contribution in [0.25, 0.3) is 0 Å². The first-order valence-corrected chi connectivity index (χ1v) is 11.3. The number of fused-ring (bicyclic) bond motifs is 1. The van der Waals surface area contributed by atoms with Gasteiger partial charge in [-0.25, -0.2) is 0 Å². The summed E-state index contributed by atoms with van der Waals surface area (Å²) in [6.07, 6.45) is 4.11. The van der Waals surface area contributed by atoms with E-state index in [4.69, 9.17) is 4.74 Å². The van der Waals surface area contributed by atoms with Crippen LogP contribution < -0.4 is 0 Å². The van der Waals surface area contributed by atoms with Gasteiger partial charge in [0.15, 0.2) is 0 Å². The number of carboxylic acids is 1. The van der Waals surface area contributed by atoms with Crippen LogP contribution in [0.2, 0.25) is 0 Å². The highest BCUT2D eigenvalue weighted by Crippen LogP contribution is 2.77. The number of carboxylic acid groups (broad SMARTS) is 1. The maximum Gasteiger partial charge on any atom is 0.316 e. The van der Waals surface area contributed by atoms with E-state index in [1.165, 1.54) is 0 Å². The quantitative estimate of drug-likeness (QED) is 0.269. The van der Waals surface area contributed by atoms with Gasteiger partial charge in [-0.05, 0) is 49.7 Å². The number of ether oxygens (including phenoxy) is 1. The van der Waals surface area contributed by atoms with Gasteiger partial charge in [0.05, 0.1) is 17.6 Å². The van der Waals surface area contributed by atoms with Gasteiger partial charge in [0.2, 0.25) is 0 Å². The molecule has 0 unspecified atom stereocenters. The van der Waals surface area contributed by atoms with Crippen molar-refractivity contribution < 1.29 is 33.8 Å². The third kappa shape index (κ3) is 2.04. The van der Waals surface area contributed by atoms with Crippen molar-refractivity contribution in [1.82, 2.24) is 0 Å². The molecule has 5 rings (SSSR count). The second kappa shape index (κ2) is 5.88. The first-order valence-electron chi connectivity index (χ1n) is 9.68. The topological polar surface area (TPSA) is 113 Å². The minimum absolute atomic E-state index is 0.180. The number of aliphatic hydroxyl groups excluding tert-OH is 1. The second-order valence-electron chi connectivity index (χ2n) is 9.34. The molecule has 28 heavy (non-hydrogen) atoms. The molecule has 4 bridgehead atoms. The van der Waals surface area contributed by atoms with Gasteiger partial charge in [0.25, 0.3) is 0 Å². The first-order chi connectivity index (χ1) is 13.0. The Labute approximate surface area is 169 Å². The third-order valence-electron chi connectivity index (χ3n) is 8.12. The molecule has 9 heteroatoms. The van der Waals surface area contributed by atoms with E-state index in [2.05, 4.69) is 10.7 Å². The van der Waals surface area contributed by atoms with Crippen molar-refractivity contribution in [3.63, 3.8) is 0 Å². The predicted molar refractivity (Wildman–Crippen MR) is 106 cm³/mol. The van der Waals surface area contributed by atoms with Crippen molar-refractivity contribution in [2.75, 3.05) is 0 Å². The highest BCUT2D eigenvalue weighted by Gasteiger charge is 2.83. The van der Waals surface area contributed by atoms with E-state index in [0.29, 0.717) is 31.3 Å².